The van der Waals surface area contributed by atoms with E-state index in [-0.39, 0.29) is 29.8 Å². The van der Waals surface area contributed by atoms with Crippen molar-refractivity contribution in [1.29, 1.82) is 0 Å². The van der Waals surface area contributed by atoms with Gasteiger partial charge >= 0.3 is 0 Å². The number of rotatable bonds is 8. The first kappa shape index (κ1) is 25.2. The quantitative estimate of drug-likeness (QED) is 0.304. The second-order valence-electron chi connectivity index (χ2n) is 7.43. The van der Waals surface area contributed by atoms with Crippen molar-refractivity contribution in [3.63, 3.8) is 0 Å². The average molecular weight is 542 g/mol. The Morgan fingerprint density at radius 3 is 2.52 bits per heavy atom. The van der Waals surface area contributed by atoms with E-state index in [1.807, 2.05) is 30.3 Å². The lowest BCUT2D eigenvalue weighted by atomic mass is 10.1. The van der Waals surface area contributed by atoms with Gasteiger partial charge in [-0.25, -0.2) is 4.39 Å². The Kier molecular flexibility index (Phi) is 10.3. The molecule has 0 bridgehead atoms. The SMILES string of the molecule is CN=C(NCCc1ccccc1F)NC1CCN(Cc2cc(OC)cc(OC)c2)C1.I. The second kappa shape index (κ2) is 12.7. The molecule has 1 aliphatic rings. The molecule has 0 amide bonds. The number of ether oxygens (including phenoxy) is 2. The van der Waals surface area contributed by atoms with Crippen LogP contribution in [0.15, 0.2) is 47.5 Å². The van der Waals surface area contributed by atoms with Gasteiger partial charge in [-0.3, -0.25) is 9.89 Å². The number of hydrogen-bond acceptors (Lipinski definition) is 4. The van der Waals surface area contributed by atoms with E-state index in [9.17, 15) is 4.39 Å². The molecule has 1 heterocycles. The topological polar surface area (TPSA) is 58.1 Å². The maximum atomic E-state index is 13.7. The number of hydrogen-bond donors (Lipinski definition) is 2. The Labute approximate surface area is 201 Å². The Morgan fingerprint density at radius 2 is 1.87 bits per heavy atom. The van der Waals surface area contributed by atoms with Crippen molar-refractivity contribution in [3.05, 3.63) is 59.4 Å². The molecule has 1 saturated heterocycles. The van der Waals surface area contributed by atoms with E-state index in [1.165, 1.54) is 11.6 Å². The summed E-state index contributed by atoms with van der Waals surface area (Å²) in [6.07, 6.45) is 1.65. The predicted octanol–water partition coefficient (Wildman–Crippen LogP) is 3.44. The van der Waals surface area contributed by atoms with Crippen LogP contribution in [0.2, 0.25) is 0 Å². The van der Waals surface area contributed by atoms with Crippen LogP contribution in [0.25, 0.3) is 0 Å². The molecular formula is C23H32FIN4O2. The number of aliphatic imine (C=N–C) groups is 1. The maximum Gasteiger partial charge on any atom is 0.191 e. The highest BCUT2D eigenvalue weighted by atomic mass is 127. The van der Waals surface area contributed by atoms with E-state index >= 15 is 0 Å². The molecule has 31 heavy (non-hydrogen) atoms. The van der Waals surface area contributed by atoms with Crippen molar-refractivity contribution in [2.75, 3.05) is 40.9 Å². The van der Waals surface area contributed by atoms with Gasteiger partial charge in [-0.2, -0.15) is 0 Å². The predicted molar refractivity (Wildman–Crippen MR) is 133 cm³/mol. The van der Waals surface area contributed by atoms with Crippen LogP contribution in [0.3, 0.4) is 0 Å². The third kappa shape index (κ3) is 7.53. The largest absolute Gasteiger partial charge is 0.497 e. The minimum Gasteiger partial charge on any atom is -0.497 e. The summed E-state index contributed by atoms with van der Waals surface area (Å²) in [5.41, 5.74) is 1.88. The molecule has 2 aromatic rings. The lowest BCUT2D eigenvalue weighted by Crippen LogP contribution is -2.45. The fourth-order valence-electron chi connectivity index (χ4n) is 3.71. The van der Waals surface area contributed by atoms with Crippen LogP contribution in [0.1, 0.15) is 17.5 Å². The summed E-state index contributed by atoms with van der Waals surface area (Å²) in [6, 6.07) is 13.2. The van der Waals surface area contributed by atoms with Gasteiger partial charge in [0.2, 0.25) is 0 Å². The standard InChI is InChI=1S/C23H31FN4O2.HI/c1-25-23(26-10-8-18-6-4-5-7-22(18)24)27-19-9-11-28(16-19)15-17-12-20(29-2)14-21(13-17)30-3;/h4-7,12-14,19H,8-11,15-16H2,1-3H3,(H2,25,26,27);1H. The molecule has 170 valence electrons. The van der Waals surface area contributed by atoms with Crippen molar-refractivity contribution in [3.8, 4) is 11.5 Å². The van der Waals surface area contributed by atoms with Crippen LogP contribution in [0, 0.1) is 5.82 Å². The lowest BCUT2D eigenvalue weighted by Gasteiger charge is -2.19. The monoisotopic (exact) mass is 542 g/mol. The van der Waals surface area contributed by atoms with Crippen molar-refractivity contribution in [2.45, 2.75) is 25.4 Å². The van der Waals surface area contributed by atoms with Gasteiger partial charge in [0, 0.05) is 45.3 Å². The summed E-state index contributed by atoms with van der Waals surface area (Å²) in [6.45, 7) is 3.39. The van der Waals surface area contributed by atoms with E-state index in [2.05, 4.69) is 20.5 Å². The molecule has 6 nitrogen and oxygen atoms in total. The summed E-state index contributed by atoms with van der Waals surface area (Å²) >= 11 is 0. The molecule has 8 heteroatoms. The van der Waals surface area contributed by atoms with Gasteiger partial charge in [0.25, 0.3) is 0 Å². The number of nitrogens with one attached hydrogen (secondary N) is 2. The third-order valence-corrected chi connectivity index (χ3v) is 5.30. The Bertz CT molecular complexity index is 843. The number of benzene rings is 2. The van der Waals surface area contributed by atoms with E-state index < -0.39 is 0 Å². The van der Waals surface area contributed by atoms with Crippen LogP contribution in [0.4, 0.5) is 4.39 Å². The molecular weight excluding hydrogens is 510 g/mol. The fraction of sp³-hybridized carbons (Fsp3) is 0.435. The summed E-state index contributed by atoms with van der Waals surface area (Å²) < 4.78 is 24.5. The highest BCUT2D eigenvalue weighted by Gasteiger charge is 2.23. The van der Waals surface area contributed by atoms with Gasteiger partial charge in [0.1, 0.15) is 17.3 Å². The van der Waals surface area contributed by atoms with Crippen LogP contribution < -0.4 is 20.1 Å². The molecule has 1 aliphatic heterocycles. The van der Waals surface area contributed by atoms with Gasteiger partial charge in [-0.05, 0) is 42.2 Å². The molecule has 1 unspecified atom stereocenters. The first-order chi connectivity index (χ1) is 14.6. The summed E-state index contributed by atoms with van der Waals surface area (Å²) in [7, 11) is 5.09. The van der Waals surface area contributed by atoms with Crippen LogP contribution in [-0.2, 0) is 13.0 Å². The maximum absolute atomic E-state index is 13.7. The summed E-state index contributed by atoms with van der Waals surface area (Å²) in [4.78, 5) is 6.71. The number of methoxy groups -OCH3 is 2. The molecule has 0 saturated carbocycles. The zero-order valence-corrected chi connectivity index (χ0v) is 20.7. The first-order valence-corrected chi connectivity index (χ1v) is 10.3. The van der Waals surface area contributed by atoms with Gasteiger partial charge in [-0.15, -0.1) is 24.0 Å². The van der Waals surface area contributed by atoms with Crippen molar-refractivity contribution in [2.24, 2.45) is 4.99 Å². The van der Waals surface area contributed by atoms with Gasteiger partial charge < -0.3 is 20.1 Å². The summed E-state index contributed by atoms with van der Waals surface area (Å²) in [5, 5.41) is 6.77. The second-order valence-corrected chi connectivity index (χ2v) is 7.43. The Hall–Kier alpha value is -2.07. The van der Waals surface area contributed by atoms with Crippen molar-refractivity contribution in [1.82, 2.24) is 15.5 Å². The van der Waals surface area contributed by atoms with Crippen LogP contribution in [0.5, 0.6) is 11.5 Å². The highest BCUT2D eigenvalue weighted by Crippen LogP contribution is 2.24. The van der Waals surface area contributed by atoms with Gasteiger partial charge in [0.15, 0.2) is 5.96 Å². The van der Waals surface area contributed by atoms with E-state index in [0.29, 0.717) is 24.6 Å². The molecule has 3 rings (SSSR count). The van der Waals surface area contributed by atoms with E-state index in [4.69, 9.17) is 9.47 Å². The van der Waals surface area contributed by atoms with Crippen LogP contribution in [-0.4, -0.2) is 57.8 Å². The lowest BCUT2D eigenvalue weighted by molar-refractivity contribution is 0.321. The number of guanidine groups is 1. The van der Waals surface area contributed by atoms with Crippen molar-refractivity contribution < 1.29 is 13.9 Å². The summed E-state index contributed by atoms with van der Waals surface area (Å²) in [5.74, 6) is 2.19. The molecule has 1 fully saturated rings. The third-order valence-electron chi connectivity index (χ3n) is 5.30. The number of nitrogens with zero attached hydrogens (tertiary/aromatic N) is 2. The fourth-order valence-corrected chi connectivity index (χ4v) is 3.71. The van der Waals surface area contributed by atoms with Gasteiger partial charge in [-0.1, -0.05) is 18.2 Å². The molecule has 0 aliphatic carbocycles. The smallest absolute Gasteiger partial charge is 0.191 e. The molecule has 1 atom stereocenters. The average Bonchev–Trinajstić information content (AvgIpc) is 3.20. The van der Waals surface area contributed by atoms with Crippen molar-refractivity contribution >= 4 is 29.9 Å². The minimum atomic E-state index is -0.164. The van der Waals surface area contributed by atoms with Crippen LogP contribution >= 0.6 is 24.0 Å². The molecule has 0 spiro atoms. The number of likely N-dealkylation sites (tertiary alicyclic amines) is 1. The zero-order chi connectivity index (χ0) is 21.3. The minimum absolute atomic E-state index is 0. The first-order valence-electron chi connectivity index (χ1n) is 10.3. The van der Waals surface area contributed by atoms with E-state index in [0.717, 1.165) is 43.5 Å². The highest BCUT2D eigenvalue weighted by molar-refractivity contribution is 14.0. The van der Waals surface area contributed by atoms with Gasteiger partial charge in [0.05, 0.1) is 14.2 Å². The normalized spacial score (nSPS) is 16.5. The Balaban J connectivity index is 0.00000341. The molecule has 0 aromatic heterocycles. The molecule has 0 radical (unpaired) electrons. The zero-order valence-electron chi connectivity index (χ0n) is 18.4. The Morgan fingerprint density at radius 1 is 1.16 bits per heavy atom. The molecule has 2 N–H and O–H groups in total. The number of halogens is 2. The van der Waals surface area contributed by atoms with E-state index in [1.54, 1.807) is 27.3 Å². The molecule has 2 aromatic carbocycles.